The Morgan fingerprint density at radius 2 is 1.38 bits per heavy atom. The number of nitrogens with zero attached hydrogens (tertiary/aromatic N) is 1. The van der Waals surface area contributed by atoms with E-state index in [2.05, 4.69) is 30.3 Å². The minimum atomic E-state index is 0.254. The van der Waals surface area contributed by atoms with Gasteiger partial charge in [-0.05, 0) is 23.6 Å². The lowest BCUT2D eigenvalue weighted by atomic mass is 10.0. The Morgan fingerprint density at radius 1 is 0.667 bits per heavy atom. The molecule has 0 spiro atoms. The summed E-state index contributed by atoms with van der Waals surface area (Å²) in [5, 5.41) is 13.4. The molecule has 0 unspecified atom stereocenters. The van der Waals surface area contributed by atoms with E-state index in [1.54, 1.807) is 6.07 Å². The topological polar surface area (TPSA) is 33.1 Å². The van der Waals surface area contributed by atoms with Crippen molar-refractivity contribution in [2.75, 3.05) is 0 Å². The largest absolute Gasteiger partial charge is 0.507 e. The summed E-state index contributed by atoms with van der Waals surface area (Å²) in [5.74, 6) is 0.254. The number of para-hydroxylation sites is 1. The Kier molecular flexibility index (Phi) is 2.61. The number of benzene rings is 3. The zero-order valence-electron chi connectivity index (χ0n) is 11.3. The lowest BCUT2D eigenvalue weighted by Gasteiger charge is -2.07. The van der Waals surface area contributed by atoms with Crippen LogP contribution >= 0.6 is 0 Å². The van der Waals surface area contributed by atoms with Gasteiger partial charge in [0.15, 0.2) is 0 Å². The van der Waals surface area contributed by atoms with Gasteiger partial charge in [0, 0.05) is 16.3 Å². The molecule has 1 N–H and O–H groups in total. The molecule has 1 aromatic heterocycles. The number of phenolic OH excluding ortho intramolecular Hbond substituents is 1. The van der Waals surface area contributed by atoms with Gasteiger partial charge in [-0.2, -0.15) is 0 Å². The van der Waals surface area contributed by atoms with Gasteiger partial charge in [0.2, 0.25) is 0 Å². The predicted molar refractivity (Wildman–Crippen MR) is 86.3 cm³/mol. The Labute approximate surface area is 122 Å². The molecule has 4 aromatic rings. The quantitative estimate of drug-likeness (QED) is 0.506. The minimum absolute atomic E-state index is 0.254. The molecule has 0 amide bonds. The number of aromatic nitrogens is 1. The van der Waals surface area contributed by atoms with E-state index in [1.165, 1.54) is 5.39 Å². The maximum absolute atomic E-state index is 10.0. The van der Waals surface area contributed by atoms with Crippen molar-refractivity contribution in [2.24, 2.45) is 0 Å². The van der Waals surface area contributed by atoms with E-state index < -0.39 is 0 Å². The Morgan fingerprint density at radius 3 is 2.29 bits per heavy atom. The van der Waals surface area contributed by atoms with Gasteiger partial charge in [0.25, 0.3) is 0 Å². The molecule has 21 heavy (non-hydrogen) atoms. The molecule has 0 aliphatic heterocycles. The fourth-order valence-electron chi connectivity index (χ4n) is 2.70. The maximum Gasteiger partial charge on any atom is 0.124 e. The van der Waals surface area contributed by atoms with Crippen LogP contribution in [0.1, 0.15) is 0 Å². The van der Waals surface area contributed by atoms with Gasteiger partial charge >= 0.3 is 0 Å². The summed E-state index contributed by atoms with van der Waals surface area (Å²) in [6, 6.07) is 23.7. The number of phenols is 1. The number of pyridine rings is 1. The molecule has 0 saturated heterocycles. The average Bonchev–Trinajstić information content (AvgIpc) is 2.55. The molecule has 0 bridgehead atoms. The highest BCUT2D eigenvalue weighted by molar-refractivity contribution is 6.05. The molecule has 0 saturated carbocycles. The Hall–Kier alpha value is -2.87. The van der Waals surface area contributed by atoms with Crippen molar-refractivity contribution in [1.29, 1.82) is 0 Å². The molecule has 0 radical (unpaired) electrons. The van der Waals surface area contributed by atoms with Crippen molar-refractivity contribution >= 4 is 21.7 Å². The molecule has 0 aliphatic carbocycles. The highest BCUT2D eigenvalue weighted by Crippen LogP contribution is 2.30. The van der Waals surface area contributed by atoms with Crippen molar-refractivity contribution in [1.82, 2.24) is 4.98 Å². The van der Waals surface area contributed by atoms with Gasteiger partial charge in [-0.25, -0.2) is 4.98 Å². The highest BCUT2D eigenvalue weighted by Gasteiger charge is 2.07. The number of hydrogen-bond donors (Lipinski definition) is 1. The summed E-state index contributed by atoms with van der Waals surface area (Å²) in [4.78, 5) is 4.77. The molecule has 2 nitrogen and oxygen atoms in total. The van der Waals surface area contributed by atoms with Crippen molar-refractivity contribution < 1.29 is 5.11 Å². The molecule has 0 atom stereocenters. The third kappa shape index (κ3) is 1.93. The lowest BCUT2D eigenvalue weighted by molar-refractivity contribution is 0.477. The second kappa shape index (κ2) is 4.60. The van der Waals surface area contributed by atoms with E-state index in [4.69, 9.17) is 4.98 Å². The van der Waals surface area contributed by atoms with Crippen molar-refractivity contribution in [2.45, 2.75) is 0 Å². The zero-order valence-corrected chi connectivity index (χ0v) is 11.3. The van der Waals surface area contributed by atoms with Crippen LogP contribution in [0, 0.1) is 0 Å². The van der Waals surface area contributed by atoms with Crippen molar-refractivity contribution in [3.63, 3.8) is 0 Å². The fraction of sp³-hybridized carbons (Fsp3) is 0. The van der Waals surface area contributed by atoms with E-state index >= 15 is 0 Å². The van der Waals surface area contributed by atoms with Gasteiger partial charge < -0.3 is 5.11 Å². The van der Waals surface area contributed by atoms with Crippen LogP contribution in [0.15, 0.2) is 72.8 Å². The molecule has 1 heterocycles. The number of fused-ring (bicyclic) bond motifs is 3. The van der Waals surface area contributed by atoms with Crippen LogP contribution in [-0.2, 0) is 0 Å². The van der Waals surface area contributed by atoms with Gasteiger partial charge in [0.1, 0.15) is 5.75 Å². The van der Waals surface area contributed by atoms with E-state index in [1.807, 2.05) is 36.4 Å². The normalized spacial score (nSPS) is 11.0. The molecular formula is C19H13NO. The maximum atomic E-state index is 10.0. The van der Waals surface area contributed by atoms with Crippen LogP contribution in [0.4, 0.5) is 0 Å². The van der Waals surface area contributed by atoms with Crippen LogP contribution < -0.4 is 0 Å². The second-order valence-electron chi connectivity index (χ2n) is 5.07. The SMILES string of the molecule is Oc1ccccc1-c1ccc2ccc3ccccc3c2n1. The molecule has 100 valence electrons. The first kappa shape index (κ1) is 11.9. The summed E-state index contributed by atoms with van der Waals surface area (Å²) in [6.07, 6.45) is 0. The van der Waals surface area contributed by atoms with Crippen molar-refractivity contribution in [3.05, 3.63) is 72.8 Å². The van der Waals surface area contributed by atoms with E-state index in [0.29, 0.717) is 0 Å². The summed E-state index contributed by atoms with van der Waals surface area (Å²) in [6.45, 7) is 0. The smallest absolute Gasteiger partial charge is 0.124 e. The Balaban J connectivity index is 2.05. The fourth-order valence-corrected chi connectivity index (χ4v) is 2.70. The van der Waals surface area contributed by atoms with E-state index in [-0.39, 0.29) is 5.75 Å². The third-order valence-corrected chi connectivity index (χ3v) is 3.76. The first-order chi connectivity index (χ1) is 10.3. The monoisotopic (exact) mass is 271 g/mol. The summed E-state index contributed by atoms with van der Waals surface area (Å²) in [7, 11) is 0. The average molecular weight is 271 g/mol. The summed E-state index contributed by atoms with van der Waals surface area (Å²) >= 11 is 0. The summed E-state index contributed by atoms with van der Waals surface area (Å²) < 4.78 is 0. The predicted octanol–water partition coefficient (Wildman–Crippen LogP) is 4.76. The zero-order chi connectivity index (χ0) is 14.2. The Bertz CT molecular complexity index is 960. The van der Waals surface area contributed by atoms with Gasteiger partial charge in [0.05, 0.1) is 11.2 Å². The number of hydrogen-bond acceptors (Lipinski definition) is 2. The van der Waals surface area contributed by atoms with Crippen molar-refractivity contribution in [3.8, 4) is 17.0 Å². The van der Waals surface area contributed by atoms with Gasteiger partial charge in [-0.3, -0.25) is 0 Å². The molecule has 2 heteroatoms. The first-order valence-electron chi connectivity index (χ1n) is 6.90. The minimum Gasteiger partial charge on any atom is -0.507 e. The second-order valence-corrected chi connectivity index (χ2v) is 5.07. The highest BCUT2D eigenvalue weighted by atomic mass is 16.3. The molecule has 0 fully saturated rings. The molecule has 0 aliphatic rings. The van der Waals surface area contributed by atoms with Crippen LogP contribution in [0.2, 0.25) is 0 Å². The molecule has 4 rings (SSSR count). The van der Waals surface area contributed by atoms with Crippen LogP contribution in [0.25, 0.3) is 32.9 Å². The van der Waals surface area contributed by atoms with Gasteiger partial charge in [-0.15, -0.1) is 0 Å². The molecule has 3 aromatic carbocycles. The lowest BCUT2D eigenvalue weighted by Crippen LogP contribution is -1.87. The standard InChI is InChI=1S/C19H13NO/c21-18-8-4-3-7-16(18)17-12-11-14-10-9-13-5-1-2-6-15(13)19(14)20-17/h1-12,21H. The van der Waals surface area contributed by atoms with E-state index in [0.717, 1.165) is 27.5 Å². The number of rotatable bonds is 1. The molecular weight excluding hydrogens is 258 g/mol. The van der Waals surface area contributed by atoms with Gasteiger partial charge in [-0.1, -0.05) is 54.6 Å². The van der Waals surface area contributed by atoms with E-state index in [9.17, 15) is 5.11 Å². The van der Waals surface area contributed by atoms with Crippen LogP contribution in [-0.4, -0.2) is 10.1 Å². The first-order valence-corrected chi connectivity index (χ1v) is 6.90. The summed E-state index contributed by atoms with van der Waals surface area (Å²) in [5.41, 5.74) is 2.51. The van der Waals surface area contributed by atoms with Crippen LogP contribution in [0.5, 0.6) is 5.75 Å². The third-order valence-electron chi connectivity index (χ3n) is 3.76. The number of aromatic hydroxyl groups is 1. The van der Waals surface area contributed by atoms with Crippen LogP contribution in [0.3, 0.4) is 0 Å².